The normalized spacial score (nSPS) is 16.5. The maximum absolute atomic E-state index is 3.45. The first-order valence-corrected chi connectivity index (χ1v) is 7.36. The van der Waals surface area contributed by atoms with Crippen LogP contribution in [0.4, 0.5) is 5.69 Å². The molecule has 1 aliphatic heterocycles. The van der Waals surface area contributed by atoms with Gasteiger partial charge in [0.1, 0.15) is 0 Å². The fraction of sp³-hybridized carbons (Fsp3) is 0.571. The summed E-state index contributed by atoms with van der Waals surface area (Å²) in [6, 6.07) is 6.88. The van der Waals surface area contributed by atoms with Crippen molar-refractivity contribution < 1.29 is 0 Å². The van der Waals surface area contributed by atoms with Crippen molar-refractivity contribution in [2.24, 2.45) is 5.92 Å². The fourth-order valence-corrected chi connectivity index (χ4v) is 3.28. The third-order valence-electron chi connectivity index (χ3n) is 3.34. The van der Waals surface area contributed by atoms with Crippen LogP contribution in [-0.2, 0) is 0 Å². The van der Waals surface area contributed by atoms with Crippen molar-refractivity contribution in [3.63, 3.8) is 0 Å². The Balaban J connectivity index is 2.25. The minimum Gasteiger partial charge on any atom is -0.383 e. The summed E-state index contributed by atoms with van der Waals surface area (Å²) in [6.45, 7) is 6.73. The average molecular weight is 250 g/mol. The average Bonchev–Trinajstić information content (AvgIpc) is 2.35. The first-order chi connectivity index (χ1) is 8.22. The van der Waals surface area contributed by atoms with Gasteiger partial charge in [0.15, 0.2) is 0 Å². The molecule has 1 unspecified atom stereocenters. The van der Waals surface area contributed by atoms with E-state index in [9.17, 15) is 0 Å². The van der Waals surface area contributed by atoms with E-state index in [1.54, 1.807) is 0 Å². The summed E-state index contributed by atoms with van der Waals surface area (Å²) in [5.74, 6) is 2.45. The number of anilines is 1. The number of fused-ring (bicyclic) bond motifs is 1. The molecular weight excluding hydrogens is 228 g/mol. The molecule has 0 fully saturated rings. The highest BCUT2D eigenvalue weighted by Crippen LogP contribution is 2.35. The predicted molar refractivity (Wildman–Crippen MR) is 77.2 cm³/mol. The lowest BCUT2D eigenvalue weighted by Crippen LogP contribution is -2.21. The molecule has 2 N–H and O–H groups in total. The van der Waals surface area contributed by atoms with Crippen LogP contribution in [0.25, 0.3) is 0 Å². The standard InChI is InChI=1S/C14H22N2S/c1-10(2)12(9-15-3)11-4-5-13-14(8-11)17-7-6-16-13/h4-5,8,10,12,15-16H,6-7,9H2,1-3H3. The van der Waals surface area contributed by atoms with E-state index in [4.69, 9.17) is 0 Å². The van der Waals surface area contributed by atoms with Gasteiger partial charge in [0.05, 0.1) is 0 Å². The molecule has 1 aromatic carbocycles. The molecule has 0 saturated carbocycles. The van der Waals surface area contributed by atoms with Crippen LogP contribution in [0.1, 0.15) is 25.3 Å². The number of nitrogens with one attached hydrogen (secondary N) is 2. The summed E-state index contributed by atoms with van der Waals surface area (Å²) in [6.07, 6.45) is 0. The van der Waals surface area contributed by atoms with Crippen LogP contribution in [0.2, 0.25) is 0 Å². The van der Waals surface area contributed by atoms with Crippen molar-refractivity contribution in [3.8, 4) is 0 Å². The Bertz CT molecular complexity index is 376. The molecule has 0 aromatic heterocycles. The second kappa shape index (κ2) is 5.78. The van der Waals surface area contributed by atoms with Crippen LogP contribution in [0, 0.1) is 5.92 Å². The summed E-state index contributed by atoms with van der Waals surface area (Å²) in [5, 5.41) is 6.76. The van der Waals surface area contributed by atoms with E-state index in [0.29, 0.717) is 11.8 Å². The summed E-state index contributed by atoms with van der Waals surface area (Å²) in [4.78, 5) is 1.41. The van der Waals surface area contributed by atoms with Crippen molar-refractivity contribution >= 4 is 17.4 Å². The topological polar surface area (TPSA) is 24.1 Å². The summed E-state index contributed by atoms with van der Waals surface area (Å²) >= 11 is 1.97. The van der Waals surface area contributed by atoms with Crippen LogP contribution in [0.15, 0.2) is 23.1 Å². The molecule has 1 aromatic rings. The van der Waals surface area contributed by atoms with Crippen LogP contribution >= 0.6 is 11.8 Å². The third-order valence-corrected chi connectivity index (χ3v) is 4.39. The van der Waals surface area contributed by atoms with E-state index in [0.717, 1.165) is 13.1 Å². The highest BCUT2D eigenvalue weighted by atomic mass is 32.2. The number of hydrogen-bond donors (Lipinski definition) is 2. The zero-order valence-corrected chi connectivity index (χ0v) is 11.7. The molecule has 3 heteroatoms. The largest absolute Gasteiger partial charge is 0.383 e. The van der Waals surface area contributed by atoms with E-state index in [1.807, 2.05) is 18.8 Å². The van der Waals surface area contributed by atoms with Gasteiger partial charge in [-0.2, -0.15) is 0 Å². The molecule has 0 bridgehead atoms. The summed E-state index contributed by atoms with van der Waals surface area (Å²) in [7, 11) is 2.03. The van der Waals surface area contributed by atoms with Gasteiger partial charge in [-0.3, -0.25) is 0 Å². The molecule has 0 spiro atoms. The molecule has 1 heterocycles. The lowest BCUT2D eigenvalue weighted by atomic mass is 9.88. The zero-order chi connectivity index (χ0) is 12.3. The predicted octanol–water partition coefficient (Wildman–Crippen LogP) is 3.16. The van der Waals surface area contributed by atoms with Crippen molar-refractivity contribution in [3.05, 3.63) is 23.8 Å². The molecule has 2 nitrogen and oxygen atoms in total. The molecule has 17 heavy (non-hydrogen) atoms. The maximum Gasteiger partial charge on any atom is 0.0478 e. The molecule has 2 rings (SSSR count). The van der Waals surface area contributed by atoms with Crippen molar-refractivity contribution in [2.45, 2.75) is 24.7 Å². The molecule has 94 valence electrons. The number of benzene rings is 1. The summed E-state index contributed by atoms with van der Waals surface area (Å²) in [5.41, 5.74) is 2.77. The number of rotatable bonds is 4. The zero-order valence-electron chi connectivity index (χ0n) is 10.9. The molecular formula is C14H22N2S. The van der Waals surface area contributed by atoms with Gasteiger partial charge < -0.3 is 10.6 Å². The van der Waals surface area contributed by atoms with E-state index in [1.165, 1.54) is 21.9 Å². The molecule has 0 aliphatic carbocycles. The third kappa shape index (κ3) is 2.96. The number of thioether (sulfide) groups is 1. The van der Waals surface area contributed by atoms with E-state index in [-0.39, 0.29) is 0 Å². The van der Waals surface area contributed by atoms with Gasteiger partial charge in [0.2, 0.25) is 0 Å². The Kier molecular flexibility index (Phi) is 4.35. The molecule has 0 radical (unpaired) electrons. The fourth-order valence-electron chi connectivity index (χ4n) is 2.34. The Morgan fingerprint density at radius 2 is 2.24 bits per heavy atom. The smallest absolute Gasteiger partial charge is 0.0478 e. The lowest BCUT2D eigenvalue weighted by Gasteiger charge is -2.24. The number of hydrogen-bond acceptors (Lipinski definition) is 3. The van der Waals surface area contributed by atoms with Crippen LogP contribution in [0.3, 0.4) is 0 Å². The highest BCUT2D eigenvalue weighted by Gasteiger charge is 2.17. The van der Waals surface area contributed by atoms with Gasteiger partial charge in [0, 0.05) is 29.4 Å². The van der Waals surface area contributed by atoms with Gasteiger partial charge in [-0.15, -0.1) is 11.8 Å². The van der Waals surface area contributed by atoms with Crippen LogP contribution in [-0.4, -0.2) is 25.9 Å². The Hall–Kier alpha value is -0.670. The molecule has 0 amide bonds. The van der Waals surface area contributed by atoms with Gasteiger partial charge >= 0.3 is 0 Å². The Morgan fingerprint density at radius 1 is 1.41 bits per heavy atom. The van der Waals surface area contributed by atoms with Crippen molar-refractivity contribution in [2.75, 3.05) is 31.2 Å². The van der Waals surface area contributed by atoms with E-state index < -0.39 is 0 Å². The van der Waals surface area contributed by atoms with Gasteiger partial charge in [0.25, 0.3) is 0 Å². The van der Waals surface area contributed by atoms with Gasteiger partial charge in [-0.25, -0.2) is 0 Å². The van der Waals surface area contributed by atoms with E-state index >= 15 is 0 Å². The second-order valence-electron chi connectivity index (χ2n) is 4.94. The van der Waals surface area contributed by atoms with Crippen LogP contribution < -0.4 is 10.6 Å². The van der Waals surface area contributed by atoms with Crippen molar-refractivity contribution in [1.29, 1.82) is 0 Å². The van der Waals surface area contributed by atoms with Gasteiger partial charge in [-0.1, -0.05) is 19.9 Å². The Morgan fingerprint density at radius 3 is 2.94 bits per heavy atom. The molecule has 1 aliphatic rings. The monoisotopic (exact) mass is 250 g/mol. The lowest BCUT2D eigenvalue weighted by molar-refractivity contribution is 0.478. The highest BCUT2D eigenvalue weighted by molar-refractivity contribution is 7.99. The minimum atomic E-state index is 0.604. The molecule has 1 atom stereocenters. The van der Waals surface area contributed by atoms with E-state index in [2.05, 4.69) is 42.7 Å². The SMILES string of the molecule is CNCC(c1ccc2c(c1)SCCN2)C(C)C. The maximum atomic E-state index is 3.45. The van der Waals surface area contributed by atoms with Gasteiger partial charge in [-0.05, 0) is 36.6 Å². The Labute approximate surface area is 109 Å². The summed E-state index contributed by atoms with van der Waals surface area (Å²) < 4.78 is 0. The van der Waals surface area contributed by atoms with Crippen molar-refractivity contribution in [1.82, 2.24) is 5.32 Å². The minimum absolute atomic E-state index is 0.604. The molecule has 0 saturated heterocycles. The van der Waals surface area contributed by atoms with Crippen LogP contribution in [0.5, 0.6) is 0 Å². The first-order valence-electron chi connectivity index (χ1n) is 6.37. The second-order valence-corrected chi connectivity index (χ2v) is 6.08. The number of likely N-dealkylation sites (N-methyl/N-ethyl adjacent to an activating group) is 1. The quantitative estimate of drug-likeness (QED) is 0.858. The first kappa shape index (κ1) is 12.8.